The molecule has 0 saturated carbocycles. The molecule has 0 bridgehead atoms. The van der Waals surface area contributed by atoms with E-state index in [9.17, 15) is 4.79 Å². The number of carbonyl (C=O) groups excluding carboxylic acids is 1. The van der Waals surface area contributed by atoms with Gasteiger partial charge in [-0.3, -0.25) is 0 Å². The second-order valence-corrected chi connectivity index (χ2v) is 5.26. The lowest BCUT2D eigenvalue weighted by molar-refractivity contribution is 0.234. The molecule has 0 aliphatic rings. The Morgan fingerprint density at radius 3 is 2.33 bits per heavy atom. The molecule has 0 fully saturated rings. The molecule has 2 amide bonds. The lowest BCUT2D eigenvalue weighted by Gasteiger charge is -2.10. The number of hydrogen-bond acceptors (Lipinski definition) is 2. The van der Waals surface area contributed by atoms with Crippen molar-refractivity contribution in [1.82, 2.24) is 5.32 Å². The quantitative estimate of drug-likeness (QED) is 0.816. The Hall–Kier alpha value is -1.91. The van der Waals surface area contributed by atoms with Crippen molar-refractivity contribution >= 4 is 34.9 Å². The second-order valence-electron chi connectivity index (χ2n) is 4.39. The van der Waals surface area contributed by atoms with Crippen LogP contribution < -0.4 is 15.4 Å². The van der Waals surface area contributed by atoms with Gasteiger partial charge in [-0.1, -0.05) is 40.9 Å². The number of rotatable bonds is 4. The van der Waals surface area contributed by atoms with Crippen molar-refractivity contribution in [1.29, 1.82) is 0 Å². The lowest BCUT2D eigenvalue weighted by atomic mass is 10.2. The number of nitrogens with one attached hydrogen (secondary N) is 2. The van der Waals surface area contributed by atoms with E-state index in [2.05, 4.69) is 10.6 Å². The van der Waals surface area contributed by atoms with Gasteiger partial charge >= 0.3 is 6.03 Å². The number of ether oxygens (including phenoxy) is 1. The summed E-state index contributed by atoms with van der Waals surface area (Å²) < 4.78 is 5.39. The zero-order valence-corrected chi connectivity index (χ0v) is 12.8. The maximum Gasteiger partial charge on any atom is 0.321 e. The molecule has 4 nitrogen and oxygen atoms in total. The van der Waals surface area contributed by atoms with Crippen LogP contribution in [0.2, 0.25) is 10.0 Å². The van der Waals surface area contributed by atoms with Crippen LogP contribution in [0.4, 0.5) is 10.5 Å². The van der Waals surface area contributed by atoms with Crippen molar-refractivity contribution in [3.8, 4) is 5.75 Å². The number of halogens is 2. The predicted octanol–water partition coefficient (Wildman–Crippen LogP) is 4.46. The van der Waals surface area contributed by atoms with Crippen molar-refractivity contribution in [3.63, 3.8) is 0 Å². The van der Waals surface area contributed by atoms with Gasteiger partial charge in [-0.2, -0.15) is 0 Å². The van der Waals surface area contributed by atoms with E-state index >= 15 is 0 Å². The summed E-state index contributed by atoms with van der Waals surface area (Å²) in [7, 11) is 0. The minimum Gasteiger partial charge on any atom is -0.473 e. The number of carbonyl (C=O) groups is 1. The van der Waals surface area contributed by atoms with Crippen LogP contribution in [-0.2, 0) is 0 Å². The molecule has 0 aromatic heterocycles. The summed E-state index contributed by atoms with van der Waals surface area (Å²) in [5.41, 5.74) is 1.66. The average Bonchev–Trinajstić information content (AvgIpc) is 2.39. The summed E-state index contributed by atoms with van der Waals surface area (Å²) in [4.78, 5) is 11.7. The van der Waals surface area contributed by atoms with Gasteiger partial charge in [-0.15, -0.1) is 0 Å². The molecular weight excluding hydrogens is 311 g/mol. The van der Waals surface area contributed by atoms with Crippen molar-refractivity contribution < 1.29 is 9.53 Å². The Morgan fingerprint density at radius 2 is 1.71 bits per heavy atom. The van der Waals surface area contributed by atoms with Crippen LogP contribution in [0.3, 0.4) is 0 Å². The minimum absolute atomic E-state index is 0.0587. The maximum atomic E-state index is 11.7. The molecule has 0 spiro atoms. The average molecular weight is 325 g/mol. The highest BCUT2D eigenvalue weighted by molar-refractivity contribution is 6.35. The van der Waals surface area contributed by atoms with E-state index in [1.54, 1.807) is 18.2 Å². The summed E-state index contributed by atoms with van der Waals surface area (Å²) in [6.07, 6.45) is 0. The monoisotopic (exact) mass is 324 g/mol. The van der Waals surface area contributed by atoms with E-state index in [4.69, 9.17) is 27.9 Å². The van der Waals surface area contributed by atoms with Gasteiger partial charge in [0.15, 0.2) is 6.73 Å². The molecule has 2 N–H and O–H groups in total. The zero-order chi connectivity index (χ0) is 15.2. The molecule has 6 heteroatoms. The molecule has 0 aliphatic heterocycles. The third kappa shape index (κ3) is 5.17. The highest BCUT2D eigenvalue weighted by Crippen LogP contribution is 2.22. The molecular formula is C15H14Cl2N2O2. The summed E-state index contributed by atoms with van der Waals surface area (Å²) in [5.74, 6) is 0.687. The van der Waals surface area contributed by atoms with E-state index in [0.717, 1.165) is 5.56 Å². The standard InChI is InChI=1S/C15H14Cl2N2O2/c1-10-2-4-14(5-3-10)21-9-18-15(20)19-13-7-11(16)6-12(17)8-13/h2-8H,9H2,1H3,(H2,18,19,20). The highest BCUT2D eigenvalue weighted by atomic mass is 35.5. The fourth-order valence-electron chi connectivity index (χ4n) is 1.62. The number of hydrogen-bond donors (Lipinski definition) is 2. The number of anilines is 1. The Kier molecular flexibility index (Phi) is 5.31. The molecule has 0 atom stereocenters. The normalized spacial score (nSPS) is 10.0. The van der Waals surface area contributed by atoms with Gasteiger partial charge in [0.05, 0.1) is 0 Å². The van der Waals surface area contributed by atoms with E-state index in [-0.39, 0.29) is 6.73 Å². The lowest BCUT2D eigenvalue weighted by Crippen LogP contribution is -2.32. The largest absolute Gasteiger partial charge is 0.473 e. The van der Waals surface area contributed by atoms with E-state index in [0.29, 0.717) is 21.5 Å². The van der Waals surface area contributed by atoms with Crippen molar-refractivity contribution in [2.24, 2.45) is 0 Å². The first kappa shape index (κ1) is 15.5. The van der Waals surface area contributed by atoms with Crippen molar-refractivity contribution in [3.05, 3.63) is 58.1 Å². The predicted molar refractivity (Wildman–Crippen MR) is 85.3 cm³/mol. The molecule has 110 valence electrons. The smallest absolute Gasteiger partial charge is 0.321 e. The van der Waals surface area contributed by atoms with Crippen LogP contribution >= 0.6 is 23.2 Å². The van der Waals surface area contributed by atoms with Crippen LogP contribution in [0.15, 0.2) is 42.5 Å². The Morgan fingerprint density at radius 1 is 1.10 bits per heavy atom. The Bertz CT molecular complexity index is 610. The van der Waals surface area contributed by atoms with Gasteiger partial charge in [-0.05, 0) is 37.3 Å². The van der Waals surface area contributed by atoms with Gasteiger partial charge in [0.1, 0.15) is 5.75 Å². The Balaban J connectivity index is 1.80. The summed E-state index contributed by atoms with van der Waals surface area (Å²) in [5, 5.41) is 6.10. The van der Waals surface area contributed by atoms with Crippen LogP contribution in [0.1, 0.15) is 5.56 Å². The van der Waals surface area contributed by atoms with Crippen molar-refractivity contribution in [2.45, 2.75) is 6.92 Å². The molecule has 2 aromatic rings. The summed E-state index contributed by atoms with van der Waals surface area (Å²) in [6.45, 7) is 2.05. The minimum atomic E-state index is -0.402. The number of aryl methyl sites for hydroxylation is 1. The third-order valence-electron chi connectivity index (χ3n) is 2.61. The SMILES string of the molecule is Cc1ccc(OCNC(=O)Nc2cc(Cl)cc(Cl)c2)cc1. The fraction of sp³-hybridized carbons (Fsp3) is 0.133. The van der Waals surface area contributed by atoms with Crippen LogP contribution in [0.25, 0.3) is 0 Å². The van der Waals surface area contributed by atoms with Gasteiger partial charge in [-0.25, -0.2) is 4.79 Å². The molecule has 21 heavy (non-hydrogen) atoms. The van der Waals surface area contributed by atoms with E-state index in [1.807, 2.05) is 31.2 Å². The highest BCUT2D eigenvalue weighted by Gasteiger charge is 2.03. The molecule has 0 heterocycles. The topological polar surface area (TPSA) is 50.4 Å². The number of benzene rings is 2. The van der Waals surface area contributed by atoms with Crippen LogP contribution in [0, 0.1) is 6.92 Å². The number of amides is 2. The van der Waals surface area contributed by atoms with Gasteiger partial charge < -0.3 is 15.4 Å². The second kappa shape index (κ2) is 7.20. The molecule has 2 aromatic carbocycles. The summed E-state index contributed by atoms with van der Waals surface area (Å²) in [6, 6.07) is 11.9. The van der Waals surface area contributed by atoms with E-state index in [1.165, 1.54) is 0 Å². The van der Waals surface area contributed by atoms with Gasteiger partial charge in [0.2, 0.25) is 0 Å². The summed E-state index contributed by atoms with van der Waals surface area (Å²) >= 11 is 11.7. The number of urea groups is 1. The first-order valence-electron chi connectivity index (χ1n) is 6.23. The molecule has 2 rings (SSSR count). The molecule has 0 unspecified atom stereocenters. The van der Waals surface area contributed by atoms with Crippen LogP contribution in [-0.4, -0.2) is 12.8 Å². The molecule has 0 aliphatic carbocycles. The molecule has 0 saturated heterocycles. The first-order valence-corrected chi connectivity index (χ1v) is 6.99. The fourth-order valence-corrected chi connectivity index (χ4v) is 2.15. The molecule has 0 radical (unpaired) electrons. The maximum absolute atomic E-state index is 11.7. The van der Waals surface area contributed by atoms with Crippen molar-refractivity contribution in [2.75, 3.05) is 12.0 Å². The first-order chi connectivity index (χ1) is 10.0. The Labute approximate surface area is 133 Å². The van der Waals surface area contributed by atoms with Gasteiger partial charge in [0.25, 0.3) is 0 Å². The van der Waals surface area contributed by atoms with E-state index < -0.39 is 6.03 Å². The zero-order valence-electron chi connectivity index (χ0n) is 11.3. The van der Waals surface area contributed by atoms with Gasteiger partial charge in [0, 0.05) is 15.7 Å². The third-order valence-corrected chi connectivity index (χ3v) is 3.05. The van der Waals surface area contributed by atoms with Crippen LogP contribution in [0.5, 0.6) is 5.75 Å².